The van der Waals surface area contributed by atoms with Crippen molar-refractivity contribution in [1.82, 2.24) is 4.90 Å². The molecule has 0 aliphatic carbocycles. The summed E-state index contributed by atoms with van der Waals surface area (Å²) in [5, 5.41) is 11.1. The van der Waals surface area contributed by atoms with E-state index < -0.39 is 5.60 Å². The van der Waals surface area contributed by atoms with Gasteiger partial charge >= 0.3 is 0 Å². The number of para-hydroxylation sites is 1. The Morgan fingerprint density at radius 1 is 1.25 bits per heavy atom. The second kappa shape index (κ2) is 6.59. The molecule has 1 aromatic rings. The topological polar surface area (TPSA) is 32.7 Å². The lowest BCUT2D eigenvalue weighted by Gasteiger charge is -2.30. The summed E-state index contributed by atoms with van der Waals surface area (Å²) < 4.78 is 5.88. The summed E-state index contributed by atoms with van der Waals surface area (Å²) in [6.07, 6.45) is 2.74. The molecular weight excluding hydrogens is 250 g/mol. The van der Waals surface area contributed by atoms with Gasteiger partial charge < -0.3 is 14.7 Å². The molecule has 1 aromatic carbocycles. The van der Waals surface area contributed by atoms with Crippen LogP contribution in [0.4, 0.5) is 0 Å². The van der Waals surface area contributed by atoms with Gasteiger partial charge in [-0.1, -0.05) is 25.1 Å². The van der Waals surface area contributed by atoms with Crippen molar-refractivity contribution in [1.29, 1.82) is 0 Å². The lowest BCUT2D eigenvalue weighted by atomic mass is 9.86. The van der Waals surface area contributed by atoms with Crippen LogP contribution < -0.4 is 4.74 Å². The van der Waals surface area contributed by atoms with Crippen LogP contribution in [-0.4, -0.2) is 35.7 Å². The molecule has 1 N–H and O–H groups in total. The van der Waals surface area contributed by atoms with Gasteiger partial charge in [0, 0.05) is 12.1 Å². The van der Waals surface area contributed by atoms with E-state index in [2.05, 4.69) is 11.8 Å². The summed E-state index contributed by atoms with van der Waals surface area (Å²) in [4.78, 5) is 2.41. The van der Waals surface area contributed by atoms with Crippen molar-refractivity contribution < 1.29 is 9.84 Å². The molecule has 1 aliphatic heterocycles. The first-order valence-electron chi connectivity index (χ1n) is 7.76. The molecule has 1 atom stereocenters. The maximum atomic E-state index is 11.1. The number of nitrogens with zero attached hydrogens (tertiary/aromatic N) is 1. The Hall–Kier alpha value is -1.06. The van der Waals surface area contributed by atoms with E-state index in [1.165, 1.54) is 0 Å². The van der Waals surface area contributed by atoms with Gasteiger partial charge in [-0.25, -0.2) is 0 Å². The molecule has 3 heteroatoms. The number of hydrogen-bond acceptors (Lipinski definition) is 3. The SMILES string of the molecule is CCN1CCCC(O)(c2ccccc2OC(C)C)CC1. The van der Waals surface area contributed by atoms with E-state index >= 15 is 0 Å². The predicted octanol–water partition coefficient (Wildman–Crippen LogP) is 3.17. The third kappa shape index (κ3) is 3.53. The highest BCUT2D eigenvalue weighted by Crippen LogP contribution is 2.38. The Morgan fingerprint density at radius 3 is 2.70 bits per heavy atom. The summed E-state index contributed by atoms with van der Waals surface area (Å²) in [7, 11) is 0. The third-order valence-corrected chi connectivity index (χ3v) is 4.10. The average Bonchev–Trinajstić information content (AvgIpc) is 2.61. The second-order valence-corrected chi connectivity index (χ2v) is 5.98. The van der Waals surface area contributed by atoms with Crippen LogP contribution in [0.5, 0.6) is 5.75 Å². The average molecular weight is 277 g/mol. The molecule has 0 radical (unpaired) electrons. The van der Waals surface area contributed by atoms with Crippen molar-refractivity contribution in [3.63, 3.8) is 0 Å². The molecule has 3 nitrogen and oxygen atoms in total. The molecule has 1 heterocycles. The highest BCUT2D eigenvalue weighted by atomic mass is 16.5. The van der Waals surface area contributed by atoms with Gasteiger partial charge in [0.15, 0.2) is 0 Å². The van der Waals surface area contributed by atoms with Crippen molar-refractivity contribution in [2.75, 3.05) is 19.6 Å². The first-order chi connectivity index (χ1) is 9.55. The monoisotopic (exact) mass is 277 g/mol. The molecule has 0 spiro atoms. The number of benzene rings is 1. The van der Waals surface area contributed by atoms with Gasteiger partial charge in [0.2, 0.25) is 0 Å². The zero-order valence-corrected chi connectivity index (χ0v) is 12.9. The fourth-order valence-corrected chi connectivity index (χ4v) is 2.97. The highest BCUT2D eigenvalue weighted by Gasteiger charge is 2.34. The van der Waals surface area contributed by atoms with Crippen LogP contribution in [-0.2, 0) is 5.60 Å². The maximum absolute atomic E-state index is 11.1. The molecule has 1 saturated heterocycles. The summed E-state index contributed by atoms with van der Waals surface area (Å²) >= 11 is 0. The van der Waals surface area contributed by atoms with Crippen molar-refractivity contribution in [2.45, 2.75) is 51.7 Å². The zero-order valence-electron chi connectivity index (χ0n) is 12.9. The minimum Gasteiger partial charge on any atom is -0.491 e. The minimum atomic E-state index is -0.755. The van der Waals surface area contributed by atoms with Crippen LogP contribution in [0.1, 0.15) is 45.6 Å². The fraction of sp³-hybridized carbons (Fsp3) is 0.647. The Bertz CT molecular complexity index is 433. The van der Waals surface area contributed by atoms with Gasteiger partial charge in [0.05, 0.1) is 11.7 Å². The van der Waals surface area contributed by atoms with Crippen molar-refractivity contribution in [2.24, 2.45) is 0 Å². The summed E-state index contributed by atoms with van der Waals surface area (Å²) in [6.45, 7) is 9.30. The number of ether oxygens (including phenoxy) is 1. The molecular formula is C17H27NO2. The van der Waals surface area contributed by atoms with E-state index in [-0.39, 0.29) is 6.10 Å². The van der Waals surface area contributed by atoms with E-state index in [4.69, 9.17) is 4.74 Å². The van der Waals surface area contributed by atoms with Crippen molar-refractivity contribution >= 4 is 0 Å². The second-order valence-electron chi connectivity index (χ2n) is 5.98. The standard InChI is InChI=1S/C17H27NO2/c1-4-18-12-7-10-17(19,11-13-18)15-8-5-6-9-16(15)20-14(2)3/h5-6,8-9,14,19H,4,7,10-13H2,1-3H3. The molecule has 0 aromatic heterocycles. The Labute approximate surface area is 122 Å². The zero-order chi connectivity index (χ0) is 14.6. The van der Waals surface area contributed by atoms with Gasteiger partial charge in [0.1, 0.15) is 5.75 Å². The molecule has 2 rings (SSSR count). The fourth-order valence-electron chi connectivity index (χ4n) is 2.97. The molecule has 1 unspecified atom stereocenters. The Morgan fingerprint density at radius 2 is 2.00 bits per heavy atom. The quantitative estimate of drug-likeness (QED) is 0.917. The number of likely N-dealkylation sites (tertiary alicyclic amines) is 1. The van der Waals surface area contributed by atoms with E-state index in [9.17, 15) is 5.11 Å². The van der Waals surface area contributed by atoms with Crippen LogP contribution in [0, 0.1) is 0 Å². The molecule has 0 bridgehead atoms. The van der Waals surface area contributed by atoms with E-state index in [0.717, 1.165) is 50.2 Å². The Balaban J connectivity index is 2.24. The van der Waals surface area contributed by atoms with E-state index in [1.54, 1.807) is 0 Å². The van der Waals surface area contributed by atoms with Crippen LogP contribution in [0.25, 0.3) is 0 Å². The highest BCUT2D eigenvalue weighted by molar-refractivity contribution is 5.38. The van der Waals surface area contributed by atoms with Crippen molar-refractivity contribution in [3.05, 3.63) is 29.8 Å². The van der Waals surface area contributed by atoms with Crippen LogP contribution in [0.2, 0.25) is 0 Å². The predicted molar refractivity (Wildman–Crippen MR) is 82.1 cm³/mol. The summed E-state index contributed by atoms with van der Waals surface area (Å²) in [5.41, 5.74) is 0.196. The normalized spacial score (nSPS) is 24.6. The third-order valence-electron chi connectivity index (χ3n) is 4.10. The first kappa shape index (κ1) is 15.3. The number of rotatable bonds is 4. The first-order valence-corrected chi connectivity index (χ1v) is 7.76. The minimum absolute atomic E-state index is 0.123. The van der Waals surface area contributed by atoms with Crippen molar-refractivity contribution in [3.8, 4) is 5.75 Å². The lowest BCUT2D eigenvalue weighted by molar-refractivity contribution is 0.0178. The van der Waals surface area contributed by atoms with Gasteiger partial charge in [-0.2, -0.15) is 0 Å². The molecule has 0 amide bonds. The molecule has 0 saturated carbocycles. The van der Waals surface area contributed by atoms with Gasteiger partial charge in [0.25, 0.3) is 0 Å². The van der Waals surface area contributed by atoms with Gasteiger partial charge in [-0.05, 0) is 52.3 Å². The molecule has 1 aliphatic rings. The smallest absolute Gasteiger partial charge is 0.125 e. The molecule has 20 heavy (non-hydrogen) atoms. The number of hydrogen-bond donors (Lipinski definition) is 1. The lowest BCUT2D eigenvalue weighted by Crippen LogP contribution is -2.30. The molecule has 112 valence electrons. The van der Waals surface area contributed by atoms with Crippen LogP contribution >= 0.6 is 0 Å². The largest absolute Gasteiger partial charge is 0.491 e. The Kier molecular flexibility index (Phi) is 5.06. The van der Waals surface area contributed by atoms with E-state index in [1.807, 2.05) is 38.1 Å². The van der Waals surface area contributed by atoms with Crippen LogP contribution in [0.15, 0.2) is 24.3 Å². The molecule has 1 fully saturated rings. The van der Waals surface area contributed by atoms with Gasteiger partial charge in [-0.15, -0.1) is 0 Å². The van der Waals surface area contributed by atoms with E-state index in [0.29, 0.717) is 0 Å². The maximum Gasteiger partial charge on any atom is 0.125 e. The van der Waals surface area contributed by atoms with Gasteiger partial charge in [-0.3, -0.25) is 0 Å². The van der Waals surface area contributed by atoms with Crippen LogP contribution in [0.3, 0.4) is 0 Å². The summed E-state index contributed by atoms with van der Waals surface area (Å²) in [6, 6.07) is 7.94. The number of aliphatic hydroxyl groups is 1. The summed E-state index contributed by atoms with van der Waals surface area (Å²) in [5.74, 6) is 0.829.